The van der Waals surface area contributed by atoms with Crippen molar-refractivity contribution in [2.24, 2.45) is 0 Å². The van der Waals surface area contributed by atoms with E-state index in [2.05, 4.69) is 6.92 Å². The first-order valence-electron chi connectivity index (χ1n) is 10.7. The van der Waals surface area contributed by atoms with Crippen molar-refractivity contribution in [1.82, 2.24) is 0 Å². The van der Waals surface area contributed by atoms with Gasteiger partial charge in [0.15, 0.2) is 5.75 Å². The van der Waals surface area contributed by atoms with Gasteiger partial charge in [0.2, 0.25) is 0 Å². The minimum Gasteiger partial charge on any atom is -0.504 e. The van der Waals surface area contributed by atoms with Crippen LogP contribution in [0.2, 0.25) is 0 Å². The SMILES string of the molecule is CCCCCCCCCCCc1oc(=O)ccc1O.CO.OC1COCC(O)C1. The van der Waals surface area contributed by atoms with Crippen LogP contribution in [0.4, 0.5) is 0 Å². The van der Waals surface area contributed by atoms with Gasteiger partial charge in [0.1, 0.15) is 5.76 Å². The predicted molar refractivity (Wildman–Crippen MR) is 113 cm³/mol. The van der Waals surface area contributed by atoms with Gasteiger partial charge in [-0.05, 0) is 12.5 Å². The van der Waals surface area contributed by atoms with Crippen molar-refractivity contribution in [3.05, 3.63) is 28.3 Å². The van der Waals surface area contributed by atoms with E-state index in [1.807, 2.05) is 0 Å². The Morgan fingerprint density at radius 3 is 1.90 bits per heavy atom. The highest BCUT2D eigenvalue weighted by Gasteiger charge is 2.17. The molecule has 0 aliphatic carbocycles. The van der Waals surface area contributed by atoms with Gasteiger partial charge in [-0.3, -0.25) is 0 Å². The van der Waals surface area contributed by atoms with Crippen LogP contribution in [0.1, 0.15) is 76.9 Å². The largest absolute Gasteiger partial charge is 0.504 e. The second-order valence-electron chi connectivity index (χ2n) is 7.22. The summed E-state index contributed by atoms with van der Waals surface area (Å²) in [6.07, 6.45) is 11.5. The average molecular weight is 417 g/mol. The lowest BCUT2D eigenvalue weighted by Gasteiger charge is -2.21. The highest BCUT2D eigenvalue weighted by Crippen LogP contribution is 2.17. The minimum absolute atomic E-state index is 0.0964. The van der Waals surface area contributed by atoms with E-state index < -0.39 is 12.2 Å². The van der Waals surface area contributed by atoms with E-state index in [1.54, 1.807) is 0 Å². The molecule has 4 N–H and O–H groups in total. The third kappa shape index (κ3) is 15.1. The number of ether oxygens (including phenoxy) is 1. The lowest BCUT2D eigenvalue weighted by Crippen LogP contribution is -2.32. The summed E-state index contributed by atoms with van der Waals surface area (Å²) >= 11 is 0. The van der Waals surface area contributed by atoms with Gasteiger partial charge in [0, 0.05) is 26.0 Å². The minimum atomic E-state index is -0.459. The second-order valence-corrected chi connectivity index (χ2v) is 7.22. The van der Waals surface area contributed by atoms with Crippen molar-refractivity contribution < 1.29 is 29.6 Å². The van der Waals surface area contributed by atoms with Crippen molar-refractivity contribution >= 4 is 0 Å². The van der Waals surface area contributed by atoms with Crippen LogP contribution in [0.25, 0.3) is 0 Å². The number of rotatable bonds is 10. The maximum absolute atomic E-state index is 11.0. The summed E-state index contributed by atoms with van der Waals surface area (Å²) in [4.78, 5) is 11.0. The monoisotopic (exact) mass is 416 g/mol. The second kappa shape index (κ2) is 18.6. The number of unbranched alkanes of at least 4 members (excludes halogenated alkanes) is 8. The van der Waals surface area contributed by atoms with Crippen LogP contribution in [0.5, 0.6) is 5.75 Å². The molecular formula is C22H40O7. The Labute approximate surface area is 174 Å². The zero-order valence-corrected chi connectivity index (χ0v) is 18.0. The van der Waals surface area contributed by atoms with Gasteiger partial charge in [-0.25, -0.2) is 4.79 Å². The van der Waals surface area contributed by atoms with Gasteiger partial charge >= 0.3 is 5.63 Å². The molecule has 2 atom stereocenters. The van der Waals surface area contributed by atoms with E-state index in [1.165, 1.54) is 57.1 Å². The normalized spacial score (nSPS) is 18.2. The molecule has 2 unspecified atom stereocenters. The Morgan fingerprint density at radius 2 is 1.41 bits per heavy atom. The molecule has 1 aliphatic heterocycles. The van der Waals surface area contributed by atoms with E-state index in [0.29, 0.717) is 31.8 Å². The molecule has 0 bridgehead atoms. The van der Waals surface area contributed by atoms with Crippen LogP contribution < -0.4 is 5.63 Å². The summed E-state index contributed by atoms with van der Waals surface area (Å²) in [5.41, 5.74) is -0.385. The molecule has 0 saturated carbocycles. The molecule has 1 aromatic rings. The number of aliphatic hydroxyl groups excluding tert-OH is 3. The maximum Gasteiger partial charge on any atom is 0.336 e. The zero-order valence-electron chi connectivity index (χ0n) is 18.0. The topological polar surface area (TPSA) is 120 Å². The third-order valence-electron chi connectivity index (χ3n) is 4.56. The molecule has 0 aromatic carbocycles. The summed E-state index contributed by atoms with van der Waals surface area (Å²) in [5, 5.41) is 34.1. The lowest BCUT2D eigenvalue weighted by molar-refractivity contribution is -0.0714. The van der Waals surface area contributed by atoms with E-state index in [0.717, 1.165) is 20.0 Å². The molecule has 1 saturated heterocycles. The number of aromatic hydroxyl groups is 1. The highest BCUT2D eigenvalue weighted by atomic mass is 16.5. The fraction of sp³-hybridized carbons (Fsp3) is 0.773. The van der Waals surface area contributed by atoms with E-state index in [4.69, 9.17) is 24.5 Å². The summed E-state index contributed by atoms with van der Waals surface area (Å²) in [6, 6.07) is 2.66. The molecule has 0 radical (unpaired) electrons. The third-order valence-corrected chi connectivity index (χ3v) is 4.56. The smallest absolute Gasteiger partial charge is 0.336 e. The molecule has 1 fully saturated rings. The van der Waals surface area contributed by atoms with Crippen molar-refractivity contribution in [2.45, 2.75) is 89.8 Å². The predicted octanol–water partition coefficient (Wildman–Crippen LogP) is 3.16. The Balaban J connectivity index is 0.000000649. The fourth-order valence-electron chi connectivity index (χ4n) is 3.01. The first kappa shape index (κ1) is 27.6. The number of hydrogen-bond donors (Lipinski definition) is 4. The van der Waals surface area contributed by atoms with Crippen LogP contribution in [-0.4, -0.2) is 53.0 Å². The molecule has 7 heteroatoms. The van der Waals surface area contributed by atoms with Crippen molar-refractivity contribution in [2.75, 3.05) is 20.3 Å². The van der Waals surface area contributed by atoms with E-state index in [-0.39, 0.29) is 11.4 Å². The molecule has 2 rings (SSSR count). The lowest BCUT2D eigenvalue weighted by atomic mass is 10.1. The Bertz CT molecular complexity index is 536. The molecule has 0 spiro atoms. The molecule has 2 heterocycles. The molecule has 29 heavy (non-hydrogen) atoms. The summed E-state index contributed by atoms with van der Waals surface area (Å²) in [5.74, 6) is 0.523. The summed E-state index contributed by atoms with van der Waals surface area (Å²) in [6.45, 7) is 2.98. The van der Waals surface area contributed by atoms with Gasteiger partial charge in [0.25, 0.3) is 0 Å². The first-order chi connectivity index (χ1) is 14.0. The molecule has 0 amide bonds. The van der Waals surface area contributed by atoms with Crippen LogP contribution in [0.3, 0.4) is 0 Å². The quantitative estimate of drug-likeness (QED) is 0.432. The Hall–Kier alpha value is -1.41. The van der Waals surface area contributed by atoms with Gasteiger partial charge < -0.3 is 29.6 Å². The first-order valence-corrected chi connectivity index (χ1v) is 10.7. The summed E-state index contributed by atoms with van der Waals surface area (Å²) in [7, 11) is 1.00. The maximum atomic E-state index is 11.0. The Kier molecular flexibility index (Phi) is 17.7. The summed E-state index contributed by atoms with van der Waals surface area (Å²) < 4.78 is 9.77. The van der Waals surface area contributed by atoms with Crippen LogP contribution in [-0.2, 0) is 11.2 Å². The van der Waals surface area contributed by atoms with Gasteiger partial charge in [-0.1, -0.05) is 58.3 Å². The van der Waals surface area contributed by atoms with E-state index >= 15 is 0 Å². The van der Waals surface area contributed by atoms with Crippen LogP contribution in [0.15, 0.2) is 21.3 Å². The van der Waals surface area contributed by atoms with Crippen molar-refractivity contribution in [3.63, 3.8) is 0 Å². The molecular weight excluding hydrogens is 376 g/mol. The van der Waals surface area contributed by atoms with Crippen molar-refractivity contribution in [3.8, 4) is 5.75 Å². The zero-order chi connectivity index (χ0) is 21.9. The number of aliphatic hydroxyl groups is 3. The molecule has 1 aliphatic rings. The molecule has 7 nitrogen and oxygen atoms in total. The van der Waals surface area contributed by atoms with Gasteiger partial charge in [0.05, 0.1) is 25.4 Å². The van der Waals surface area contributed by atoms with E-state index in [9.17, 15) is 9.90 Å². The van der Waals surface area contributed by atoms with Gasteiger partial charge in [-0.2, -0.15) is 0 Å². The van der Waals surface area contributed by atoms with Crippen molar-refractivity contribution in [1.29, 1.82) is 0 Å². The Morgan fingerprint density at radius 1 is 0.897 bits per heavy atom. The van der Waals surface area contributed by atoms with Crippen LogP contribution >= 0.6 is 0 Å². The molecule has 1 aromatic heterocycles. The number of hydrogen-bond acceptors (Lipinski definition) is 7. The highest BCUT2D eigenvalue weighted by molar-refractivity contribution is 5.22. The standard InChI is InChI=1S/C16H26O3.C5H10O3.CH4O/c1-2-3-4-5-6-7-8-9-10-11-15-14(17)12-13-16(18)19-15;6-4-1-5(7)3-8-2-4;1-2/h12-13,17H,2-11H2,1H3;4-7H,1-3H2;2H,1H3. The average Bonchev–Trinajstić information content (AvgIpc) is 2.71. The number of aryl methyl sites for hydroxylation is 1. The fourth-order valence-corrected chi connectivity index (χ4v) is 3.01. The van der Waals surface area contributed by atoms with Gasteiger partial charge in [-0.15, -0.1) is 0 Å². The molecule has 170 valence electrons. The van der Waals surface area contributed by atoms with Crippen LogP contribution in [0, 0.1) is 0 Å².